The van der Waals surface area contributed by atoms with Gasteiger partial charge in [0.05, 0.1) is 7.11 Å². The predicted octanol–water partition coefficient (Wildman–Crippen LogP) is 0.566. The molecule has 0 spiro atoms. The Bertz CT molecular complexity index is 458. The van der Waals surface area contributed by atoms with Gasteiger partial charge in [-0.1, -0.05) is 0 Å². The third kappa shape index (κ3) is 2.39. The number of nitrogens with one attached hydrogen (secondary N) is 1. The standard InChI is InChI=1S/C12H16N2O3S/c1-13-10-11-8(4-6-18-11)3-5-14(12(10)16)7-9(15)17-2/h4,6,10,13H,3,5,7H2,1-2H3. The number of likely N-dealkylation sites (N-methyl/N-ethyl adjacent to an activating group) is 1. The van der Waals surface area contributed by atoms with E-state index in [0.717, 1.165) is 11.3 Å². The van der Waals surface area contributed by atoms with Crippen LogP contribution in [0.1, 0.15) is 16.5 Å². The summed E-state index contributed by atoms with van der Waals surface area (Å²) in [6, 6.07) is 1.69. The molecule has 2 rings (SSSR count). The number of esters is 1. The molecule has 98 valence electrons. The van der Waals surface area contributed by atoms with Crippen molar-refractivity contribution < 1.29 is 14.3 Å². The largest absolute Gasteiger partial charge is 0.468 e. The number of carbonyl (C=O) groups excluding carboxylic acids is 2. The van der Waals surface area contributed by atoms with E-state index in [1.54, 1.807) is 23.3 Å². The molecule has 0 aliphatic carbocycles. The van der Waals surface area contributed by atoms with Crippen LogP contribution in [0.25, 0.3) is 0 Å². The maximum Gasteiger partial charge on any atom is 0.325 e. The average Bonchev–Trinajstić information content (AvgIpc) is 2.78. The minimum atomic E-state index is -0.386. The van der Waals surface area contributed by atoms with Crippen molar-refractivity contribution in [1.29, 1.82) is 0 Å². The highest BCUT2D eigenvalue weighted by atomic mass is 32.1. The van der Waals surface area contributed by atoms with Crippen LogP contribution in [0.2, 0.25) is 0 Å². The quantitative estimate of drug-likeness (QED) is 0.814. The number of thiophene rings is 1. The third-order valence-corrected chi connectivity index (χ3v) is 4.11. The molecule has 0 saturated heterocycles. The van der Waals surface area contributed by atoms with Crippen molar-refractivity contribution in [2.24, 2.45) is 0 Å². The minimum absolute atomic E-state index is 0.0163. The van der Waals surface area contributed by atoms with Gasteiger partial charge in [0.1, 0.15) is 12.6 Å². The van der Waals surface area contributed by atoms with Crippen LogP contribution in [0.4, 0.5) is 0 Å². The van der Waals surface area contributed by atoms with Crippen LogP contribution in [0.3, 0.4) is 0 Å². The zero-order valence-electron chi connectivity index (χ0n) is 10.4. The smallest absolute Gasteiger partial charge is 0.325 e. The molecule has 0 aromatic carbocycles. The van der Waals surface area contributed by atoms with E-state index < -0.39 is 0 Å². The second-order valence-electron chi connectivity index (χ2n) is 4.12. The summed E-state index contributed by atoms with van der Waals surface area (Å²) in [7, 11) is 3.09. The van der Waals surface area contributed by atoms with Crippen LogP contribution in [-0.2, 0) is 20.7 Å². The third-order valence-electron chi connectivity index (χ3n) is 3.09. The van der Waals surface area contributed by atoms with E-state index in [1.165, 1.54) is 12.7 Å². The summed E-state index contributed by atoms with van der Waals surface area (Å²) in [4.78, 5) is 26.3. The fraction of sp³-hybridized carbons (Fsp3) is 0.500. The van der Waals surface area contributed by atoms with Gasteiger partial charge < -0.3 is 15.0 Å². The molecule has 1 amide bonds. The molecule has 18 heavy (non-hydrogen) atoms. The maximum absolute atomic E-state index is 12.4. The first kappa shape index (κ1) is 13.0. The maximum atomic E-state index is 12.4. The Morgan fingerprint density at radius 1 is 1.67 bits per heavy atom. The monoisotopic (exact) mass is 268 g/mol. The lowest BCUT2D eigenvalue weighted by atomic mass is 10.1. The van der Waals surface area contributed by atoms with Gasteiger partial charge in [-0.25, -0.2) is 0 Å². The van der Waals surface area contributed by atoms with E-state index in [4.69, 9.17) is 0 Å². The number of ether oxygens (including phenoxy) is 1. The van der Waals surface area contributed by atoms with Gasteiger partial charge in [-0.3, -0.25) is 9.59 Å². The molecule has 1 N–H and O–H groups in total. The highest BCUT2D eigenvalue weighted by Crippen LogP contribution is 2.29. The lowest BCUT2D eigenvalue weighted by Crippen LogP contribution is -2.41. The van der Waals surface area contributed by atoms with Crippen molar-refractivity contribution >= 4 is 23.2 Å². The van der Waals surface area contributed by atoms with Gasteiger partial charge in [0.25, 0.3) is 0 Å². The molecule has 1 aliphatic heterocycles. The molecule has 6 heteroatoms. The summed E-state index contributed by atoms with van der Waals surface area (Å²) < 4.78 is 4.62. The van der Waals surface area contributed by atoms with Crippen molar-refractivity contribution in [2.75, 3.05) is 27.2 Å². The molecule has 0 bridgehead atoms. The first-order valence-electron chi connectivity index (χ1n) is 5.76. The topological polar surface area (TPSA) is 58.6 Å². The number of amides is 1. The predicted molar refractivity (Wildman–Crippen MR) is 68.4 cm³/mol. The van der Waals surface area contributed by atoms with Crippen molar-refractivity contribution in [1.82, 2.24) is 10.2 Å². The van der Waals surface area contributed by atoms with Gasteiger partial charge in [-0.2, -0.15) is 0 Å². The molecule has 1 unspecified atom stereocenters. The normalized spacial score (nSPS) is 19.3. The van der Waals surface area contributed by atoms with Crippen LogP contribution in [0.15, 0.2) is 11.4 Å². The Morgan fingerprint density at radius 2 is 2.44 bits per heavy atom. The van der Waals surface area contributed by atoms with Gasteiger partial charge in [-0.15, -0.1) is 11.3 Å². The average molecular weight is 268 g/mol. The summed E-state index contributed by atoms with van der Waals surface area (Å²) in [5.74, 6) is -0.451. The second-order valence-corrected chi connectivity index (χ2v) is 5.07. The molecule has 2 heterocycles. The van der Waals surface area contributed by atoms with Gasteiger partial charge in [0.2, 0.25) is 5.91 Å². The first-order valence-corrected chi connectivity index (χ1v) is 6.64. The molecule has 5 nitrogen and oxygen atoms in total. The molecule has 1 aromatic rings. The van der Waals surface area contributed by atoms with Crippen LogP contribution in [0.5, 0.6) is 0 Å². The van der Waals surface area contributed by atoms with Gasteiger partial charge in [0.15, 0.2) is 0 Å². The molecule has 0 saturated carbocycles. The van der Waals surface area contributed by atoms with Crippen molar-refractivity contribution in [3.8, 4) is 0 Å². The molecule has 1 aromatic heterocycles. The lowest BCUT2D eigenvalue weighted by molar-refractivity contribution is -0.147. The fourth-order valence-electron chi connectivity index (χ4n) is 2.10. The Kier molecular flexibility index (Phi) is 3.98. The zero-order valence-corrected chi connectivity index (χ0v) is 11.3. The molecule has 0 fully saturated rings. The van der Waals surface area contributed by atoms with Crippen LogP contribution in [0, 0.1) is 0 Å². The van der Waals surface area contributed by atoms with E-state index in [-0.39, 0.29) is 24.5 Å². The van der Waals surface area contributed by atoms with E-state index in [1.807, 2.05) is 11.4 Å². The summed E-state index contributed by atoms with van der Waals surface area (Å²) in [5.41, 5.74) is 1.18. The zero-order chi connectivity index (χ0) is 13.1. The number of nitrogens with zero attached hydrogens (tertiary/aromatic N) is 1. The van der Waals surface area contributed by atoms with E-state index in [2.05, 4.69) is 10.1 Å². The van der Waals surface area contributed by atoms with Crippen LogP contribution >= 0.6 is 11.3 Å². The van der Waals surface area contributed by atoms with E-state index in [9.17, 15) is 9.59 Å². The molecule has 1 aliphatic rings. The Balaban J connectivity index is 2.22. The van der Waals surface area contributed by atoms with Crippen molar-refractivity contribution in [2.45, 2.75) is 12.5 Å². The second kappa shape index (κ2) is 5.49. The van der Waals surface area contributed by atoms with Crippen LogP contribution in [-0.4, -0.2) is 44.0 Å². The summed E-state index contributed by atoms with van der Waals surface area (Å²) in [6.07, 6.45) is 0.778. The number of methoxy groups -OCH3 is 1. The van der Waals surface area contributed by atoms with Gasteiger partial charge in [-0.05, 0) is 30.5 Å². The Hall–Kier alpha value is -1.40. The summed E-state index contributed by atoms with van der Waals surface area (Å²) in [6.45, 7) is 0.568. The molecular weight excluding hydrogens is 252 g/mol. The molecule has 0 radical (unpaired) electrons. The summed E-state index contributed by atoms with van der Waals surface area (Å²) in [5, 5.41) is 5.02. The number of rotatable bonds is 3. The Morgan fingerprint density at radius 3 is 3.11 bits per heavy atom. The number of fused-ring (bicyclic) bond motifs is 1. The van der Waals surface area contributed by atoms with E-state index >= 15 is 0 Å². The van der Waals surface area contributed by atoms with Crippen molar-refractivity contribution in [3.05, 3.63) is 21.9 Å². The lowest BCUT2D eigenvalue weighted by Gasteiger charge is -2.22. The Labute approximate surface area is 110 Å². The van der Waals surface area contributed by atoms with Crippen LogP contribution < -0.4 is 5.32 Å². The first-order chi connectivity index (χ1) is 8.67. The van der Waals surface area contributed by atoms with E-state index in [0.29, 0.717) is 6.54 Å². The molecular formula is C12H16N2O3S. The van der Waals surface area contributed by atoms with Gasteiger partial charge in [0, 0.05) is 11.4 Å². The SMILES string of the molecule is CNC1C(=O)N(CC(=O)OC)CCc2ccsc21. The highest BCUT2D eigenvalue weighted by molar-refractivity contribution is 7.10. The number of carbonyl (C=O) groups is 2. The summed E-state index contributed by atoms with van der Waals surface area (Å²) >= 11 is 1.58. The number of hydrogen-bond acceptors (Lipinski definition) is 5. The highest BCUT2D eigenvalue weighted by Gasteiger charge is 2.31. The molecule has 1 atom stereocenters. The number of hydrogen-bond donors (Lipinski definition) is 1. The fourth-order valence-corrected chi connectivity index (χ4v) is 3.15. The minimum Gasteiger partial charge on any atom is -0.468 e. The van der Waals surface area contributed by atoms with Gasteiger partial charge >= 0.3 is 5.97 Å². The van der Waals surface area contributed by atoms with Crippen molar-refractivity contribution in [3.63, 3.8) is 0 Å².